The maximum absolute atomic E-state index is 9.50. The van der Waals surface area contributed by atoms with Gasteiger partial charge in [-0.2, -0.15) is 0 Å². The van der Waals surface area contributed by atoms with Gasteiger partial charge in [0.2, 0.25) is 0 Å². The molecule has 1 fully saturated rings. The number of methoxy groups -OCH3 is 1. The maximum Gasteiger partial charge on any atom is 0.0555 e. The minimum absolute atomic E-state index is 0.0872. The van der Waals surface area contributed by atoms with Crippen LogP contribution in [0.15, 0.2) is 0 Å². The number of hydrogen-bond acceptors (Lipinski definition) is 3. The van der Waals surface area contributed by atoms with Gasteiger partial charge in [0.25, 0.3) is 0 Å². The third-order valence-corrected chi connectivity index (χ3v) is 2.92. The summed E-state index contributed by atoms with van der Waals surface area (Å²) in [6.45, 7) is 2.99. The number of rotatable bonds is 5. The van der Waals surface area contributed by atoms with E-state index in [9.17, 15) is 5.11 Å². The average molecular weight is 201 g/mol. The van der Waals surface area contributed by atoms with Crippen molar-refractivity contribution < 1.29 is 9.84 Å². The van der Waals surface area contributed by atoms with Gasteiger partial charge in [-0.15, -0.1) is 0 Å². The maximum atomic E-state index is 9.50. The third-order valence-electron chi connectivity index (χ3n) is 2.92. The van der Waals surface area contributed by atoms with Gasteiger partial charge in [0.1, 0.15) is 0 Å². The molecule has 2 N–H and O–H groups in total. The fraction of sp³-hybridized carbons (Fsp3) is 1.00. The quantitative estimate of drug-likeness (QED) is 0.704. The van der Waals surface area contributed by atoms with Crippen LogP contribution >= 0.6 is 0 Å². The summed E-state index contributed by atoms with van der Waals surface area (Å²) in [6, 6.07) is 0.996. The van der Waals surface area contributed by atoms with Gasteiger partial charge in [0.15, 0.2) is 0 Å². The second-order valence-corrected chi connectivity index (χ2v) is 4.37. The summed E-state index contributed by atoms with van der Waals surface area (Å²) < 4.78 is 5.03. The van der Waals surface area contributed by atoms with Crippen LogP contribution in [0.5, 0.6) is 0 Å². The highest BCUT2D eigenvalue weighted by Crippen LogP contribution is 2.18. The second kappa shape index (κ2) is 6.38. The molecule has 3 unspecified atom stereocenters. The van der Waals surface area contributed by atoms with Gasteiger partial charge in [0.05, 0.1) is 6.10 Å². The lowest BCUT2D eigenvalue weighted by atomic mass is 9.92. The average Bonchev–Trinajstić information content (AvgIpc) is 2.15. The van der Waals surface area contributed by atoms with Gasteiger partial charge >= 0.3 is 0 Å². The molecule has 0 aliphatic heterocycles. The monoisotopic (exact) mass is 201 g/mol. The highest BCUT2D eigenvalue weighted by molar-refractivity contribution is 4.79. The summed E-state index contributed by atoms with van der Waals surface area (Å²) >= 11 is 0. The van der Waals surface area contributed by atoms with E-state index in [1.165, 1.54) is 6.42 Å². The first-order valence-corrected chi connectivity index (χ1v) is 5.65. The van der Waals surface area contributed by atoms with E-state index in [0.717, 1.165) is 32.3 Å². The Morgan fingerprint density at radius 1 is 1.50 bits per heavy atom. The number of hydrogen-bond donors (Lipinski definition) is 2. The topological polar surface area (TPSA) is 41.5 Å². The standard InChI is InChI=1S/C11H23NO2/c1-9(6-7-14-2)12-10-4-3-5-11(13)8-10/h9-13H,3-8H2,1-2H3. The highest BCUT2D eigenvalue weighted by atomic mass is 16.5. The molecule has 0 saturated heterocycles. The Morgan fingerprint density at radius 2 is 2.29 bits per heavy atom. The lowest BCUT2D eigenvalue weighted by Crippen LogP contribution is -2.41. The first-order valence-electron chi connectivity index (χ1n) is 5.65. The number of aliphatic hydroxyl groups is 1. The van der Waals surface area contributed by atoms with Crippen molar-refractivity contribution in [1.82, 2.24) is 5.32 Å². The van der Waals surface area contributed by atoms with Gasteiger partial charge in [0, 0.05) is 25.8 Å². The van der Waals surface area contributed by atoms with Gasteiger partial charge in [-0.3, -0.25) is 0 Å². The number of ether oxygens (including phenoxy) is 1. The first-order chi connectivity index (χ1) is 6.72. The fourth-order valence-corrected chi connectivity index (χ4v) is 2.10. The Bertz CT molecular complexity index is 152. The Kier molecular flexibility index (Phi) is 5.45. The Hall–Kier alpha value is -0.120. The van der Waals surface area contributed by atoms with Crippen molar-refractivity contribution in [2.24, 2.45) is 0 Å². The molecular weight excluding hydrogens is 178 g/mol. The molecule has 3 atom stereocenters. The predicted molar refractivity (Wildman–Crippen MR) is 57.4 cm³/mol. The molecule has 1 saturated carbocycles. The molecule has 0 heterocycles. The third kappa shape index (κ3) is 4.40. The van der Waals surface area contributed by atoms with Crippen LogP contribution in [0.3, 0.4) is 0 Å². The van der Waals surface area contributed by atoms with E-state index in [4.69, 9.17) is 4.74 Å². The van der Waals surface area contributed by atoms with Gasteiger partial charge < -0.3 is 15.2 Å². The molecule has 0 radical (unpaired) electrons. The van der Waals surface area contributed by atoms with Crippen molar-refractivity contribution >= 4 is 0 Å². The molecule has 0 spiro atoms. The van der Waals surface area contributed by atoms with Crippen LogP contribution in [0.1, 0.15) is 39.0 Å². The van der Waals surface area contributed by atoms with Crippen molar-refractivity contribution in [3.63, 3.8) is 0 Å². The van der Waals surface area contributed by atoms with E-state index in [2.05, 4.69) is 12.2 Å². The van der Waals surface area contributed by atoms with Crippen LogP contribution in [0.4, 0.5) is 0 Å². The van der Waals surface area contributed by atoms with Crippen LogP contribution in [0.25, 0.3) is 0 Å². The summed E-state index contributed by atoms with van der Waals surface area (Å²) in [5.74, 6) is 0. The summed E-state index contributed by atoms with van der Waals surface area (Å²) in [5, 5.41) is 13.0. The molecule has 1 aliphatic rings. The summed E-state index contributed by atoms with van der Waals surface area (Å²) in [5.41, 5.74) is 0. The van der Waals surface area contributed by atoms with Crippen LogP contribution in [-0.2, 0) is 4.74 Å². The summed E-state index contributed by atoms with van der Waals surface area (Å²) in [4.78, 5) is 0. The molecular formula is C11H23NO2. The molecule has 3 heteroatoms. The van der Waals surface area contributed by atoms with Crippen LogP contribution in [-0.4, -0.2) is 37.0 Å². The molecule has 14 heavy (non-hydrogen) atoms. The highest BCUT2D eigenvalue weighted by Gasteiger charge is 2.20. The molecule has 1 aliphatic carbocycles. The van der Waals surface area contributed by atoms with Crippen molar-refractivity contribution in [1.29, 1.82) is 0 Å². The molecule has 84 valence electrons. The normalized spacial score (nSPS) is 30.2. The van der Waals surface area contributed by atoms with E-state index < -0.39 is 0 Å². The minimum atomic E-state index is -0.0872. The number of nitrogens with one attached hydrogen (secondary N) is 1. The van der Waals surface area contributed by atoms with Crippen LogP contribution < -0.4 is 5.32 Å². The number of aliphatic hydroxyl groups excluding tert-OH is 1. The Labute approximate surface area is 86.8 Å². The van der Waals surface area contributed by atoms with E-state index in [0.29, 0.717) is 12.1 Å². The van der Waals surface area contributed by atoms with Crippen molar-refractivity contribution in [3.8, 4) is 0 Å². The van der Waals surface area contributed by atoms with E-state index in [1.807, 2.05) is 0 Å². The summed E-state index contributed by atoms with van der Waals surface area (Å²) in [6.07, 6.45) is 5.20. The molecule has 1 rings (SSSR count). The SMILES string of the molecule is COCCC(C)NC1CCCC(O)C1. The van der Waals surface area contributed by atoms with Gasteiger partial charge in [-0.25, -0.2) is 0 Å². The second-order valence-electron chi connectivity index (χ2n) is 4.37. The molecule has 3 nitrogen and oxygen atoms in total. The minimum Gasteiger partial charge on any atom is -0.393 e. The van der Waals surface area contributed by atoms with Crippen LogP contribution in [0, 0.1) is 0 Å². The van der Waals surface area contributed by atoms with Crippen molar-refractivity contribution in [2.75, 3.05) is 13.7 Å². The summed E-state index contributed by atoms with van der Waals surface area (Å²) in [7, 11) is 1.73. The molecule has 0 aromatic rings. The zero-order valence-corrected chi connectivity index (χ0v) is 9.33. The molecule has 0 bridgehead atoms. The molecule has 0 aromatic heterocycles. The lowest BCUT2D eigenvalue weighted by Gasteiger charge is -2.29. The largest absolute Gasteiger partial charge is 0.393 e. The smallest absolute Gasteiger partial charge is 0.0555 e. The zero-order chi connectivity index (χ0) is 10.4. The molecule has 0 aromatic carbocycles. The first kappa shape index (κ1) is 12.0. The van der Waals surface area contributed by atoms with Gasteiger partial charge in [-0.1, -0.05) is 0 Å². The Morgan fingerprint density at radius 3 is 2.93 bits per heavy atom. The lowest BCUT2D eigenvalue weighted by molar-refractivity contribution is 0.106. The van der Waals surface area contributed by atoms with E-state index >= 15 is 0 Å². The Balaban J connectivity index is 2.15. The van der Waals surface area contributed by atoms with Gasteiger partial charge in [-0.05, 0) is 39.0 Å². The van der Waals surface area contributed by atoms with E-state index in [-0.39, 0.29) is 6.10 Å². The predicted octanol–water partition coefficient (Wildman–Crippen LogP) is 1.30. The van der Waals surface area contributed by atoms with Crippen molar-refractivity contribution in [3.05, 3.63) is 0 Å². The fourth-order valence-electron chi connectivity index (χ4n) is 2.10. The van der Waals surface area contributed by atoms with Crippen LogP contribution in [0.2, 0.25) is 0 Å². The molecule has 0 amide bonds. The van der Waals surface area contributed by atoms with Crippen molar-refractivity contribution in [2.45, 2.75) is 57.2 Å². The zero-order valence-electron chi connectivity index (χ0n) is 9.33. The van der Waals surface area contributed by atoms with E-state index in [1.54, 1.807) is 7.11 Å².